The summed E-state index contributed by atoms with van der Waals surface area (Å²) in [4.78, 5) is 11.6. The van der Waals surface area contributed by atoms with Crippen molar-refractivity contribution in [2.45, 2.75) is 6.92 Å². The lowest BCUT2D eigenvalue weighted by molar-refractivity contribution is 0.0522. The zero-order valence-electron chi connectivity index (χ0n) is 8.95. The van der Waals surface area contributed by atoms with Gasteiger partial charge in [0, 0.05) is 0 Å². The number of benzene rings is 1. The molecule has 1 rings (SSSR count). The number of carbonyl (C=O) groups excluding carboxylic acids is 1. The molecule has 15 heavy (non-hydrogen) atoms. The minimum absolute atomic E-state index is 0.348. The van der Waals surface area contributed by atoms with Gasteiger partial charge in [0.2, 0.25) is 0 Å². The van der Waals surface area contributed by atoms with Crippen LogP contribution in [0.2, 0.25) is 0 Å². The fraction of sp³-hybridized carbons (Fsp3) is 0.250. The molecule has 0 fully saturated rings. The van der Waals surface area contributed by atoms with Gasteiger partial charge in [-0.2, -0.15) is 0 Å². The largest absolute Gasteiger partial charge is 0.496 e. The highest BCUT2D eigenvalue weighted by Gasteiger charge is 2.13. The zero-order valence-corrected chi connectivity index (χ0v) is 8.95. The summed E-state index contributed by atoms with van der Waals surface area (Å²) >= 11 is 0. The van der Waals surface area contributed by atoms with Gasteiger partial charge in [0.25, 0.3) is 0 Å². The Balaban J connectivity index is 3.11. The first-order valence-electron chi connectivity index (χ1n) is 4.70. The number of esters is 1. The van der Waals surface area contributed by atoms with Crippen LogP contribution < -0.4 is 4.74 Å². The molecule has 0 aliphatic rings. The molecule has 0 N–H and O–H groups in total. The second kappa shape index (κ2) is 5.20. The summed E-state index contributed by atoms with van der Waals surface area (Å²) in [6, 6.07) is 5.25. The van der Waals surface area contributed by atoms with E-state index in [4.69, 9.17) is 9.47 Å². The molecule has 1 aromatic carbocycles. The maximum atomic E-state index is 11.6. The van der Waals surface area contributed by atoms with Gasteiger partial charge in [-0.05, 0) is 24.6 Å². The molecule has 0 aliphatic carbocycles. The van der Waals surface area contributed by atoms with Crippen molar-refractivity contribution < 1.29 is 14.3 Å². The van der Waals surface area contributed by atoms with Gasteiger partial charge in [0.05, 0.1) is 13.7 Å². The molecular formula is C12H14O3. The quantitative estimate of drug-likeness (QED) is 0.710. The van der Waals surface area contributed by atoms with E-state index < -0.39 is 0 Å². The van der Waals surface area contributed by atoms with Gasteiger partial charge in [-0.15, -0.1) is 0 Å². The Morgan fingerprint density at radius 2 is 2.27 bits per heavy atom. The number of rotatable bonds is 4. The van der Waals surface area contributed by atoms with Crippen LogP contribution in [-0.4, -0.2) is 19.7 Å². The van der Waals surface area contributed by atoms with Crippen LogP contribution in [-0.2, 0) is 4.74 Å². The van der Waals surface area contributed by atoms with Crippen LogP contribution in [0.15, 0.2) is 24.8 Å². The van der Waals surface area contributed by atoms with Gasteiger partial charge in [-0.25, -0.2) is 4.79 Å². The molecule has 0 saturated carbocycles. The predicted molar refractivity (Wildman–Crippen MR) is 59.0 cm³/mol. The third-order valence-electron chi connectivity index (χ3n) is 1.95. The van der Waals surface area contributed by atoms with Gasteiger partial charge in [0.15, 0.2) is 0 Å². The van der Waals surface area contributed by atoms with Crippen molar-refractivity contribution in [2.75, 3.05) is 13.7 Å². The standard InChI is InChI=1S/C12H14O3/c1-4-9-6-7-11(14-3)10(8-9)12(13)15-5-2/h4,6-8H,1,5H2,2-3H3. The van der Waals surface area contributed by atoms with Crippen molar-refractivity contribution in [3.63, 3.8) is 0 Å². The molecule has 3 heteroatoms. The molecule has 0 radical (unpaired) electrons. The molecule has 0 heterocycles. The monoisotopic (exact) mass is 206 g/mol. The van der Waals surface area contributed by atoms with Crippen LogP contribution in [0.3, 0.4) is 0 Å². The summed E-state index contributed by atoms with van der Waals surface area (Å²) in [5.74, 6) is 0.136. The molecule has 1 aromatic rings. The van der Waals surface area contributed by atoms with E-state index in [1.807, 2.05) is 6.07 Å². The smallest absolute Gasteiger partial charge is 0.341 e. The van der Waals surface area contributed by atoms with E-state index in [0.29, 0.717) is 17.9 Å². The van der Waals surface area contributed by atoms with Gasteiger partial charge in [-0.3, -0.25) is 0 Å². The number of carbonyl (C=O) groups is 1. The van der Waals surface area contributed by atoms with E-state index in [1.54, 1.807) is 25.1 Å². The fourth-order valence-corrected chi connectivity index (χ4v) is 1.22. The molecule has 0 aromatic heterocycles. The van der Waals surface area contributed by atoms with Gasteiger partial charge < -0.3 is 9.47 Å². The molecule has 0 spiro atoms. The molecule has 0 bridgehead atoms. The molecule has 3 nitrogen and oxygen atoms in total. The van der Waals surface area contributed by atoms with Crippen molar-refractivity contribution in [1.82, 2.24) is 0 Å². The van der Waals surface area contributed by atoms with Crippen LogP contribution in [0.5, 0.6) is 5.75 Å². The first-order valence-corrected chi connectivity index (χ1v) is 4.70. The minimum Gasteiger partial charge on any atom is -0.496 e. The van der Waals surface area contributed by atoms with Crippen molar-refractivity contribution in [2.24, 2.45) is 0 Å². The summed E-state index contributed by atoms with van der Waals surface area (Å²) in [7, 11) is 1.52. The van der Waals surface area contributed by atoms with Crippen molar-refractivity contribution in [3.8, 4) is 5.75 Å². The Morgan fingerprint density at radius 3 is 2.80 bits per heavy atom. The Morgan fingerprint density at radius 1 is 1.53 bits per heavy atom. The van der Waals surface area contributed by atoms with Gasteiger partial charge in [0.1, 0.15) is 11.3 Å². The summed E-state index contributed by atoms with van der Waals surface area (Å²) < 4.78 is 9.99. The Labute approximate surface area is 89.3 Å². The molecule has 0 amide bonds. The van der Waals surface area contributed by atoms with Crippen LogP contribution in [0.25, 0.3) is 6.08 Å². The number of hydrogen-bond acceptors (Lipinski definition) is 3. The minimum atomic E-state index is -0.377. The Hall–Kier alpha value is -1.77. The van der Waals surface area contributed by atoms with Crippen LogP contribution >= 0.6 is 0 Å². The molecule has 0 saturated heterocycles. The van der Waals surface area contributed by atoms with E-state index in [9.17, 15) is 4.79 Å². The average Bonchev–Trinajstić information content (AvgIpc) is 2.28. The summed E-state index contributed by atoms with van der Waals surface area (Å²) in [6.45, 7) is 5.75. The summed E-state index contributed by atoms with van der Waals surface area (Å²) in [5.41, 5.74) is 1.29. The number of ether oxygens (including phenoxy) is 2. The third-order valence-corrected chi connectivity index (χ3v) is 1.95. The number of hydrogen-bond donors (Lipinski definition) is 0. The lowest BCUT2D eigenvalue weighted by atomic mass is 10.1. The van der Waals surface area contributed by atoms with E-state index >= 15 is 0 Å². The molecule has 0 aliphatic heterocycles. The lowest BCUT2D eigenvalue weighted by Gasteiger charge is -2.08. The SMILES string of the molecule is C=Cc1ccc(OC)c(C(=O)OCC)c1. The van der Waals surface area contributed by atoms with E-state index in [0.717, 1.165) is 5.56 Å². The summed E-state index contributed by atoms with van der Waals surface area (Å²) in [6.07, 6.45) is 1.67. The van der Waals surface area contributed by atoms with Crippen LogP contribution in [0.1, 0.15) is 22.8 Å². The number of methoxy groups -OCH3 is 1. The predicted octanol–water partition coefficient (Wildman–Crippen LogP) is 2.51. The van der Waals surface area contributed by atoms with Crippen molar-refractivity contribution in [1.29, 1.82) is 0 Å². The maximum absolute atomic E-state index is 11.6. The lowest BCUT2D eigenvalue weighted by Crippen LogP contribution is -2.06. The zero-order chi connectivity index (χ0) is 11.3. The summed E-state index contributed by atoms with van der Waals surface area (Å²) in [5, 5.41) is 0. The van der Waals surface area contributed by atoms with Crippen LogP contribution in [0, 0.1) is 0 Å². The fourth-order valence-electron chi connectivity index (χ4n) is 1.22. The molecular weight excluding hydrogens is 192 g/mol. The Kier molecular flexibility index (Phi) is 3.92. The van der Waals surface area contributed by atoms with E-state index in [-0.39, 0.29) is 5.97 Å². The topological polar surface area (TPSA) is 35.5 Å². The van der Waals surface area contributed by atoms with E-state index in [1.165, 1.54) is 7.11 Å². The van der Waals surface area contributed by atoms with E-state index in [2.05, 4.69) is 6.58 Å². The molecule has 0 atom stereocenters. The van der Waals surface area contributed by atoms with Crippen LogP contribution in [0.4, 0.5) is 0 Å². The maximum Gasteiger partial charge on any atom is 0.341 e. The third kappa shape index (κ3) is 2.59. The van der Waals surface area contributed by atoms with Crippen molar-refractivity contribution in [3.05, 3.63) is 35.9 Å². The first-order chi connectivity index (χ1) is 7.22. The normalized spacial score (nSPS) is 9.47. The second-order valence-corrected chi connectivity index (χ2v) is 2.88. The first kappa shape index (κ1) is 11.3. The highest BCUT2D eigenvalue weighted by molar-refractivity contribution is 5.93. The van der Waals surface area contributed by atoms with Gasteiger partial charge in [-0.1, -0.05) is 18.7 Å². The van der Waals surface area contributed by atoms with Crippen molar-refractivity contribution >= 4 is 12.0 Å². The highest BCUT2D eigenvalue weighted by atomic mass is 16.5. The molecule has 80 valence electrons. The molecule has 0 unspecified atom stereocenters. The highest BCUT2D eigenvalue weighted by Crippen LogP contribution is 2.21. The Bertz CT molecular complexity index is 369. The average molecular weight is 206 g/mol. The van der Waals surface area contributed by atoms with Gasteiger partial charge >= 0.3 is 5.97 Å². The second-order valence-electron chi connectivity index (χ2n) is 2.88.